The largest absolute Gasteiger partial charge is 0.371 e. The predicted molar refractivity (Wildman–Crippen MR) is 93.8 cm³/mol. The maximum atomic E-state index is 6.10. The van der Waals surface area contributed by atoms with Gasteiger partial charge in [-0.3, -0.25) is 4.90 Å². The Morgan fingerprint density at radius 3 is 2.80 bits per heavy atom. The highest BCUT2D eigenvalue weighted by Crippen LogP contribution is 2.39. The fraction of sp³-hybridized carbons (Fsp3) is 0.556. The number of hydrogen-bond acceptors (Lipinski definition) is 6. The number of aromatic nitrogens is 2. The van der Waals surface area contributed by atoms with Gasteiger partial charge in [0.1, 0.15) is 0 Å². The highest BCUT2D eigenvalue weighted by molar-refractivity contribution is 6.30. The smallest absolute Gasteiger partial charge is 0.263 e. The maximum absolute atomic E-state index is 6.10. The molecule has 0 radical (unpaired) electrons. The number of anilines is 1. The van der Waals surface area contributed by atoms with Crippen molar-refractivity contribution in [3.8, 4) is 0 Å². The Morgan fingerprint density at radius 1 is 1.16 bits per heavy atom. The molecule has 0 amide bonds. The zero-order valence-electron chi connectivity index (χ0n) is 13.9. The summed E-state index contributed by atoms with van der Waals surface area (Å²) in [5.41, 5.74) is 1.19. The van der Waals surface area contributed by atoms with Crippen LogP contribution in [0, 0.1) is 0 Å². The molecular weight excluding hydrogens is 340 g/mol. The van der Waals surface area contributed by atoms with Crippen molar-refractivity contribution >= 4 is 17.5 Å². The number of nitrogens with one attached hydrogen (secondary N) is 1. The van der Waals surface area contributed by atoms with Gasteiger partial charge in [-0.05, 0) is 42.1 Å². The maximum Gasteiger partial charge on any atom is 0.263 e. The van der Waals surface area contributed by atoms with Crippen LogP contribution in [0.1, 0.15) is 42.7 Å². The lowest BCUT2D eigenvalue weighted by molar-refractivity contribution is -0.0501. The van der Waals surface area contributed by atoms with Crippen LogP contribution in [0.3, 0.4) is 0 Å². The molecule has 5 rings (SSSR count). The first-order valence-electron chi connectivity index (χ1n) is 8.96. The highest BCUT2D eigenvalue weighted by Gasteiger charge is 2.38. The summed E-state index contributed by atoms with van der Waals surface area (Å²) in [7, 11) is 0. The van der Waals surface area contributed by atoms with Crippen LogP contribution in [-0.2, 0) is 4.74 Å². The molecule has 25 heavy (non-hydrogen) atoms. The van der Waals surface area contributed by atoms with Gasteiger partial charge in [0.15, 0.2) is 0 Å². The second kappa shape index (κ2) is 6.27. The van der Waals surface area contributed by atoms with E-state index in [1.54, 1.807) is 0 Å². The van der Waals surface area contributed by atoms with E-state index in [1.165, 1.54) is 18.4 Å². The van der Waals surface area contributed by atoms with Crippen LogP contribution in [-0.4, -0.2) is 46.8 Å². The van der Waals surface area contributed by atoms with E-state index in [2.05, 4.69) is 32.5 Å². The Bertz CT molecular complexity index is 746. The molecule has 1 aromatic carbocycles. The molecule has 3 atom stereocenters. The van der Waals surface area contributed by atoms with E-state index in [4.69, 9.17) is 20.9 Å². The third-order valence-corrected chi connectivity index (χ3v) is 5.61. The van der Waals surface area contributed by atoms with Crippen molar-refractivity contribution in [1.29, 1.82) is 0 Å². The van der Waals surface area contributed by atoms with E-state index in [0.717, 1.165) is 37.0 Å². The molecular formula is C18H21ClN4O2. The summed E-state index contributed by atoms with van der Waals surface area (Å²) in [5, 5.41) is 8.26. The molecule has 7 heteroatoms. The summed E-state index contributed by atoms with van der Waals surface area (Å²) in [6.45, 7) is 2.64. The van der Waals surface area contributed by atoms with Crippen LogP contribution in [0.25, 0.3) is 0 Å². The Labute approximate surface area is 151 Å². The van der Waals surface area contributed by atoms with Crippen molar-refractivity contribution in [1.82, 2.24) is 15.0 Å². The van der Waals surface area contributed by atoms with Gasteiger partial charge in [-0.2, -0.15) is 4.98 Å². The fourth-order valence-electron chi connectivity index (χ4n) is 3.83. The number of nitrogens with zero attached hydrogens (tertiary/aromatic N) is 3. The van der Waals surface area contributed by atoms with Crippen LogP contribution >= 0.6 is 11.6 Å². The highest BCUT2D eigenvalue weighted by atomic mass is 35.5. The van der Waals surface area contributed by atoms with Gasteiger partial charge in [0.05, 0.1) is 12.7 Å². The molecule has 1 aromatic heterocycles. The van der Waals surface area contributed by atoms with Crippen molar-refractivity contribution in [2.24, 2.45) is 0 Å². The van der Waals surface area contributed by atoms with Crippen molar-refractivity contribution in [3.63, 3.8) is 0 Å². The van der Waals surface area contributed by atoms with Gasteiger partial charge in [-0.25, -0.2) is 0 Å². The zero-order chi connectivity index (χ0) is 16.8. The van der Waals surface area contributed by atoms with Crippen molar-refractivity contribution in [2.45, 2.75) is 43.4 Å². The van der Waals surface area contributed by atoms with Crippen molar-refractivity contribution in [2.75, 3.05) is 25.0 Å². The quantitative estimate of drug-likeness (QED) is 0.903. The molecule has 3 heterocycles. The average molecular weight is 361 g/mol. The van der Waals surface area contributed by atoms with Crippen molar-refractivity contribution in [3.05, 3.63) is 40.7 Å². The number of hydrogen-bond donors (Lipinski definition) is 1. The number of fused-ring (bicyclic) bond motifs is 1. The Hall–Kier alpha value is -1.63. The molecule has 6 nitrogen and oxygen atoms in total. The standard InChI is InChI=1S/C18H21ClN4O2/c19-13-5-3-11(4-6-13)16-9-23-8-14(7-15(23)10-24-16)20-18-21-17(25-22-18)12-1-2-12/h3-6,12,14-16H,1-2,7-10H2,(H,20,22)/t14-,15-,16+/m0/s1. The molecule has 132 valence electrons. The number of halogens is 1. The molecule has 3 fully saturated rings. The third-order valence-electron chi connectivity index (χ3n) is 5.36. The average Bonchev–Trinajstić information content (AvgIpc) is 3.23. The molecule has 2 aliphatic heterocycles. The summed E-state index contributed by atoms with van der Waals surface area (Å²) in [4.78, 5) is 6.98. The minimum atomic E-state index is 0.110. The fourth-order valence-corrected chi connectivity index (χ4v) is 3.96. The van der Waals surface area contributed by atoms with Gasteiger partial charge in [0.25, 0.3) is 5.95 Å². The molecule has 0 unspecified atom stereocenters. The van der Waals surface area contributed by atoms with E-state index >= 15 is 0 Å². The molecule has 1 saturated carbocycles. The number of ether oxygens (including phenoxy) is 1. The normalized spacial score (nSPS) is 29.6. The van der Waals surface area contributed by atoms with E-state index < -0.39 is 0 Å². The molecule has 2 aromatic rings. The Kier molecular flexibility index (Phi) is 3.91. The first kappa shape index (κ1) is 15.6. The number of benzene rings is 1. The second-order valence-electron chi connectivity index (χ2n) is 7.29. The Morgan fingerprint density at radius 2 is 2.00 bits per heavy atom. The van der Waals surface area contributed by atoms with Gasteiger partial charge in [0.2, 0.25) is 5.89 Å². The third kappa shape index (κ3) is 3.26. The van der Waals surface area contributed by atoms with Gasteiger partial charge in [-0.1, -0.05) is 23.7 Å². The second-order valence-corrected chi connectivity index (χ2v) is 7.73. The van der Waals surface area contributed by atoms with Crippen LogP contribution < -0.4 is 5.32 Å². The van der Waals surface area contributed by atoms with Crippen LogP contribution in [0.15, 0.2) is 28.8 Å². The first-order chi connectivity index (χ1) is 12.2. The number of morpholine rings is 1. The minimum absolute atomic E-state index is 0.110. The van der Waals surface area contributed by atoms with Gasteiger partial charge in [0, 0.05) is 36.1 Å². The molecule has 1 aliphatic carbocycles. The van der Waals surface area contributed by atoms with Crippen LogP contribution in [0.5, 0.6) is 0 Å². The monoisotopic (exact) mass is 360 g/mol. The molecule has 0 spiro atoms. The summed E-state index contributed by atoms with van der Waals surface area (Å²) < 4.78 is 11.4. The van der Waals surface area contributed by atoms with E-state index in [1.807, 2.05) is 12.1 Å². The van der Waals surface area contributed by atoms with Gasteiger partial charge >= 0.3 is 0 Å². The first-order valence-corrected chi connectivity index (χ1v) is 9.33. The van der Waals surface area contributed by atoms with E-state index in [9.17, 15) is 0 Å². The van der Waals surface area contributed by atoms with Gasteiger partial charge < -0.3 is 14.6 Å². The van der Waals surface area contributed by atoms with Crippen LogP contribution in [0.2, 0.25) is 5.02 Å². The summed E-state index contributed by atoms with van der Waals surface area (Å²) >= 11 is 5.98. The molecule has 1 N–H and O–H groups in total. The van der Waals surface area contributed by atoms with Crippen molar-refractivity contribution < 1.29 is 9.26 Å². The lowest BCUT2D eigenvalue weighted by Gasteiger charge is -2.35. The lowest BCUT2D eigenvalue weighted by Crippen LogP contribution is -2.42. The van der Waals surface area contributed by atoms with Crippen LogP contribution in [0.4, 0.5) is 5.95 Å². The summed E-state index contributed by atoms with van der Waals surface area (Å²) in [6.07, 6.45) is 3.49. The predicted octanol–water partition coefficient (Wildman–Crippen LogP) is 3.23. The SMILES string of the molecule is Clc1ccc([C@H]2CN3C[C@@H](Nc4noc(C5CC5)n4)C[C@H]3CO2)cc1. The summed E-state index contributed by atoms with van der Waals surface area (Å²) in [6, 6.07) is 8.75. The van der Waals surface area contributed by atoms with Gasteiger partial charge in [-0.15, -0.1) is 0 Å². The summed E-state index contributed by atoms with van der Waals surface area (Å²) in [5.74, 6) is 1.90. The minimum Gasteiger partial charge on any atom is -0.371 e. The number of rotatable bonds is 4. The Balaban J connectivity index is 1.21. The molecule has 0 bridgehead atoms. The lowest BCUT2D eigenvalue weighted by atomic mass is 10.1. The molecule has 3 aliphatic rings. The van der Waals surface area contributed by atoms with E-state index in [-0.39, 0.29) is 6.10 Å². The topological polar surface area (TPSA) is 63.4 Å². The zero-order valence-corrected chi connectivity index (χ0v) is 14.7. The molecule has 2 saturated heterocycles. The van der Waals surface area contributed by atoms with E-state index in [0.29, 0.717) is 23.9 Å².